The standard InChI is InChI=1S/C13H25NO2S/c14-10-11-6-4-5-9-13(11)17(15,16)12-7-2-1-3-8-12/h11-13H,1-10,14H2. The van der Waals surface area contributed by atoms with Gasteiger partial charge < -0.3 is 5.73 Å². The van der Waals surface area contributed by atoms with Crippen molar-refractivity contribution in [3.05, 3.63) is 0 Å². The summed E-state index contributed by atoms with van der Waals surface area (Å²) in [5.41, 5.74) is 5.76. The molecule has 2 aliphatic carbocycles. The molecule has 2 atom stereocenters. The average molecular weight is 259 g/mol. The van der Waals surface area contributed by atoms with Gasteiger partial charge in [-0.05, 0) is 38.1 Å². The summed E-state index contributed by atoms with van der Waals surface area (Å²) in [5.74, 6) is 0.218. The number of rotatable bonds is 3. The predicted molar refractivity (Wildman–Crippen MR) is 70.6 cm³/mol. The van der Waals surface area contributed by atoms with Gasteiger partial charge in [0.25, 0.3) is 0 Å². The molecule has 4 heteroatoms. The Kier molecular flexibility index (Phi) is 4.47. The van der Waals surface area contributed by atoms with Crippen LogP contribution < -0.4 is 5.73 Å². The molecular formula is C13H25NO2S. The Morgan fingerprint density at radius 3 is 2.12 bits per heavy atom. The summed E-state index contributed by atoms with van der Waals surface area (Å²) in [6.45, 7) is 0.538. The first kappa shape index (κ1) is 13.3. The maximum atomic E-state index is 12.7. The fraction of sp³-hybridized carbons (Fsp3) is 1.00. The molecule has 0 saturated heterocycles. The molecule has 0 radical (unpaired) electrons. The van der Waals surface area contributed by atoms with Crippen LogP contribution in [0.15, 0.2) is 0 Å². The van der Waals surface area contributed by atoms with Crippen molar-refractivity contribution < 1.29 is 8.42 Å². The molecule has 0 amide bonds. The van der Waals surface area contributed by atoms with Crippen molar-refractivity contribution in [2.75, 3.05) is 6.54 Å². The lowest BCUT2D eigenvalue weighted by atomic mass is 9.89. The molecule has 2 saturated carbocycles. The van der Waals surface area contributed by atoms with Crippen LogP contribution in [0.5, 0.6) is 0 Å². The first-order chi connectivity index (χ1) is 8.16. The summed E-state index contributed by atoms with van der Waals surface area (Å²) in [4.78, 5) is 0. The van der Waals surface area contributed by atoms with Crippen molar-refractivity contribution in [3.63, 3.8) is 0 Å². The Morgan fingerprint density at radius 2 is 1.47 bits per heavy atom. The van der Waals surface area contributed by atoms with E-state index in [-0.39, 0.29) is 16.4 Å². The van der Waals surface area contributed by atoms with Gasteiger partial charge in [-0.15, -0.1) is 0 Å². The van der Waals surface area contributed by atoms with E-state index in [0.717, 1.165) is 51.4 Å². The van der Waals surface area contributed by atoms with Gasteiger partial charge in [0.2, 0.25) is 0 Å². The average Bonchev–Trinajstić information content (AvgIpc) is 2.39. The van der Waals surface area contributed by atoms with Gasteiger partial charge in [-0.3, -0.25) is 0 Å². The molecule has 100 valence electrons. The largest absolute Gasteiger partial charge is 0.330 e. The van der Waals surface area contributed by atoms with E-state index >= 15 is 0 Å². The fourth-order valence-corrected chi connectivity index (χ4v) is 6.28. The van der Waals surface area contributed by atoms with Crippen molar-refractivity contribution in [1.29, 1.82) is 0 Å². The first-order valence-electron chi connectivity index (χ1n) is 7.09. The molecule has 2 fully saturated rings. The topological polar surface area (TPSA) is 60.2 Å². The number of sulfone groups is 1. The predicted octanol–water partition coefficient (Wildman–Crippen LogP) is 2.25. The quantitative estimate of drug-likeness (QED) is 0.845. The molecule has 17 heavy (non-hydrogen) atoms. The van der Waals surface area contributed by atoms with Crippen molar-refractivity contribution >= 4 is 9.84 Å². The molecule has 3 nitrogen and oxygen atoms in total. The summed E-state index contributed by atoms with van der Waals surface area (Å²) in [7, 11) is -2.93. The van der Waals surface area contributed by atoms with Crippen LogP contribution >= 0.6 is 0 Å². The van der Waals surface area contributed by atoms with E-state index in [1.807, 2.05) is 0 Å². The summed E-state index contributed by atoms with van der Waals surface area (Å²) < 4.78 is 25.3. The van der Waals surface area contributed by atoms with Crippen LogP contribution in [-0.2, 0) is 9.84 Å². The molecular weight excluding hydrogens is 234 g/mol. The van der Waals surface area contributed by atoms with Gasteiger partial charge in [0.1, 0.15) is 0 Å². The van der Waals surface area contributed by atoms with Crippen molar-refractivity contribution in [2.45, 2.75) is 68.3 Å². The Bertz CT molecular complexity index is 333. The van der Waals surface area contributed by atoms with Crippen molar-refractivity contribution in [1.82, 2.24) is 0 Å². The third-order valence-corrected chi connectivity index (χ3v) is 7.45. The van der Waals surface area contributed by atoms with Gasteiger partial charge in [-0.2, -0.15) is 0 Å². The minimum absolute atomic E-state index is 0.0617. The molecule has 0 aromatic heterocycles. The van der Waals surface area contributed by atoms with Gasteiger partial charge in [-0.25, -0.2) is 8.42 Å². The summed E-state index contributed by atoms with van der Waals surface area (Å²) >= 11 is 0. The van der Waals surface area contributed by atoms with Crippen LogP contribution in [0.25, 0.3) is 0 Å². The van der Waals surface area contributed by atoms with Crippen LogP contribution in [0.2, 0.25) is 0 Å². The van der Waals surface area contributed by atoms with E-state index in [0.29, 0.717) is 6.54 Å². The summed E-state index contributed by atoms with van der Waals surface area (Å²) in [6.07, 6.45) is 9.22. The Balaban J connectivity index is 2.11. The van der Waals surface area contributed by atoms with Gasteiger partial charge in [0.15, 0.2) is 9.84 Å². The molecule has 0 spiro atoms. The lowest BCUT2D eigenvalue weighted by Crippen LogP contribution is -2.42. The van der Waals surface area contributed by atoms with Gasteiger partial charge in [-0.1, -0.05) is 32.1 Å². The molecule has 0 aromatic carbocycles. The molecule has 0 heterocycles. The Morgan fingerprint density at radius 1 is 0.882 bits per heavy atom. The Hall–Kier alpha value is -0.0900. The molecule has 0 aromatic rings. The third kappa shape index (κ3) is 2.84. The maximum Gasteiger partial charge on any atom is 0.156 e. The van der Waals surface area contributed by atoms with Crippen LogP contribution in [0, 0.1) is 5.92 Å². The first-order valence-corrected chi connectivity index (χ1v) is 8.70. The fourth-order valence-electron chi connectivity index (χ4n) is 3.52. The molecule has 2 N–H and O–H groups in total. The van der Waals surface area contributed by atoms with E-state index in [1.54, 1.807) is 0 Å². The number of hydrogen-bond donors (Lipinski definition) is 1. The van der Waals surface area contributed by atoms with Gasteiger partial charge >= 0.3 is 0 Å². The number of nitrogens with two attached hydrogens (primary N) is 1. The van der Waals surface area contributed by atoms with Gasteiger partial charge in [0.05, 0.1) is 10.5 Å². The second-order valence-corrected chi connectivity index (χ2v) is 8.12. The zero-order valence-electron chi connectivity index (χ0n) is 10.6. The normalized spacial score (nSPS) is 32.5. The van der Waals surface area contributed by atoms with Crippen LogP contribution in [0.4, 0.5) is 0 Å². The van der Waals surface area contributed by atoms with E-state index in [4.69, 9.17) is 5.73 Å². The minimum atomic E-state index is -2.93. The van der Waals surface area contributed by atoms with E-state index in [2.05, 4.69) is 0 Å². The van der Waals surface area contributed by atoms with Crippen molar-refractivity contribution in [2.24, 2.45) is 11.7 Å². The SMILES string of the molecule is NCC1CCCCC1S(=O)(=O)C1CCCCC1. The van der Waals surface area contributed by atoms with E-state index in [9.17, 15) is 8.42 Å². The highest BCUT2D eigenvalue weighted by atomic mass is 32.2. The van der Waals surface area contributed by atoms with E-state index in [1.165, 1.54) is 6.42 Å². The molecule has 2 rings (SSSR count). The van der Waals surface area contributed by atoms with Gasteiger partial charge in [0, 0.05) is 0 Å². The Labute approximate surface area is 105 Å². The third-order valence-electron chi connectivity index (χ3n) is 4.58. The highest BCUT2D eigenvalue weighted by Gasteiger charge is 2.39. The molecule has 0 aliphatic heterocycles. The van der Waals surface area contributed by atoms with E-state index < -0.39 is 9.84 Å². The summed E-state index contributed by atoms with van der Waals surface area (Å²) in [5, 5.41) is -0.197. The second kappa shape index (κ2) is 5.70. The number of hydrogen-bond acceptors (Lipinski definition) is 3. The molecule has 2 unspecified atom stereocenters. The highest BCUT2D eigenvalue weighted by molar-refractivity contribution is 7.92. The monoisotopic (exact) mass is 259 g/mol. The lowest BCUT2D eigenvalue weighted by Gasteiger charge is -2.34. The molecule has 2 aliphatic rings. The minimum Gasteiger partial charge on any atom is -0.330 e. The smallest absolute Gasteiger partial charge is 0.156 e. The highest BCUT2D eigenvalue weighted by Crippen LogP contribution is 2.35. The van der Waals surface area contributed by atoms with Crippen LogP contribution in [-0.4, -0.2) is 25.5 Å². The zero-order valence-corrected chi connectivity index (χ0v) is 11.4. The van der Waals surface area contributed by atoms with Crippen LogP contribution in [0.1, 0.15) is 57.8 Å². The molecule has 0 bridgehead atoms. The van der Waals surface area contributed by atoms with Crippen LogP contribution in [0.3, 0.4) is 0 Å². The zero-order chi connectivity index (χ0) is 12.3. The maximum absolute atomic E-state index is 12.7. The lowest BCUT2D eigenvalue weighted by molar-refractivity contribution is 0.357. The van der Waals surface area contributed by atoms with Crippen molar-refractivity contribution in [3.8, 4) is 0 Å². The second-order valence-electron chi connectivity index (χ2n) is 5.67. The summed E-state index contributed by atoms with van der Waals surface area (Å²) in [6, 6.07) is 0.